The molecule has 0 radical (unpaired) electrons. The van der Waals surface area contributed by atoms with Crippen LogP contribution in [0.4, 0.5) is 4.79 Å². The van der Waals surface area contributed by atoms with Gasteiger partial charge in [-0.15, -0.1) is 0 Å². The molecule has 2 aromatic carbocycles. The lowest BCUT2D eigenvalue weighted by Crippen LogP contribution is -2.55. The zero-order valence-electron chi connectivity index (χ0n) is 18.1. The molecule has 1 N–H and O–H groups in total. The molecule has 1 atom stereocenters. The molecule has 2 heterocycles. The zero-order valence-corrected chi connectivity index (χ0v) is 18.9. The molecule has 0 spiro atoms. The van der Waals surface area contributed by atoms with Gasteiger partial charge in [-0.2, -0.15) is 0 Å². The van der Waals surface area contributed by atoms with Crippen molar-refractivity contribution in [2.45, 2.75) is 46.1 Å². The van der Waals surface area contributed by atoms with Gasteiger partial charge >= 0.3 is 6.09 Å². The van der Waals surface area contributed by atoms with Crippen LogP contribution >= 0.6 is 11.6 Å². The summed E-state index contributed by atoms with van der Waals surface area (Å²) in [6, 6.07) is 12.8. The van der Waals surface area contributed by atoms with Crippen molar-refractivity contribution >= 4 is 28.6 Å². The lowest BCUT2D eigenvalue weighted by atomic mass is 9.70. The van der Waals surface area contributed by atoms with Crippen LogP contribution in [0.15, 0.2) is 47.3 Å². The largest absolute Gasteiger partial charge is 0.465 e. The van der Waals surface area contributed by atoms with Crippen molar-refractivity contribution in [3.8, 4) is 5.69 Å². The van der Waals surface area contributed by atoms with Crippen LogP contribution < -0.4 is 5.56 Å². The summed E-state index contributed by atoms with van der Waals surface area (Å²) in [5.41, 5.74) is 0.322. The lowest BCUT2D eigenvalue weighted by Gasteiger charge is -2.47. The van der Waals surface area contributed by atoms with E-state index in [1.165, 1.54) is 4.90 Å². The van der Waals surface area contributed by atoms with Gasteiger partial charge < -0.3 is 5.11 Å². The third kappa shape index (κ3) is 3.21. The van der Waals surface area contributed by atoms with E-state index in [4.69, 9.17) is 16.6 Å². The summed E-state index contributed by atoms with van der Waals surface area (Å²) in [4.78, 5) is 32.6. The summed E-state index contributed by atoms with van der Waals surface area (Å²) in [7, 11) is 0. The summed E-state index contributed by atoms with van der Waals surface area (Å²) in [6.45, 7) is 8.35. The Hall–Kier alpha value is -2.86. The van der Waals surface area contributed by atoms with Gasteiger partial charge in [0.15, 0.2) is 0 Å². The van der Waals surface area contributed by atoms with Crippen LogP contribution in [-0.2, 0) is 5.54 Å². The van der Waals surface area contributed by atoms with Gasteiger partial charge in [0.2, 0.25) is 0 Å². The first kappa shape index (κ1) is 21.4. The molecule has 6 nitrogen and oxygen atoms in total. The highest BCUT2D eigenvalue weighted by Gasteiger charge is 2.56. The third-order valence-electron chi connectivity index (χ3n) is 6.33. The number of nitrogens with zero attached hydrogens (tertiary/aromatic N) is 3. The van der Waals surface area contributed by atoms with Crippen LogP contribution in [0.5, 0.6) is 0 Å². The minimum absolute atomic E-state index is 0.294. The van der Waals surface area contributed by atoms with Crippen molar-refractivity contribution in [1.29, 1.82) is 0 Å². The number of aryl methyl sites for hydroxylation is 1. The van der Waals surface area contributed by atoms with Gasteiger partial charge in [0.1, 0.15) is 11.4 Å². The Kier molecular flexibility index (Phi) is 5.09. The minimum Gasteiger partial charge on any atom is -0.465 e. The Morgan fingerprint density at radius 3 is 2.55 bits per heavy atom. The van der Waals surface area contributed by atoms with E-state index >= 15 is 0 Å². The number of amides is 1. The molecule has 7 heteroatoms. The number of halogens is 1. The minimum atomic E-state index is -1.01. The van der Waals surface area contributed by atoms with Gasteiger partial charge in [-0.25, -0.2) is 9.78 Å². The van der Waals surface area contributed by atoms with Crippen LogP contribution in [0, 0.1) is 12.3 Å². The van der Waals surface area contributed by atoms with E-state index in [0.29, 0.717) is 46.8 Å². The van der Waals surface area contributed by atoms with E-state index in [1.54, 1.807) is 22.8 Å². The highest BCUT2D eigenvalue weighted by molar-refractivity contribution is 6.35. The number of aromatic nitrogens is 2. The monoisotopic (exact) mass is 439 g/mol. The first-order valence-electron chi connectivity index (χ1n) is 10.4. The zero-order chi connectivity index (χ0) is 22.6. The molecular weight excluding hydrogens is 414 g/mol. The van der Waals surface area contributed by atoms with Gasteiger partial charge in [-0.1, -0.05) is 50.6 Å². The maximum Gasteiger partial charge on any atom is 0.408 e. The van der Waals surface area contributed by atoms with Gasteiger partial charge in [0.05, 0.1) is 21.6 Å². The number of carbonyl (C=O) groups is 1. The molecule has 1 aliphatic rings. The SMILES string of the molecule is Cc1cccc(-n2c([C@@]3(C(C)(C)C)CCCN3C(=O)O)nc3cccc(Cl)c3c2=O)c1. The summed E-state index contributed by atoms with van der Waals surface area (Å²) in [6.07, 6.45) is 0.261. The second-order valence-electron chi connectivity index (χ2n) is 9.20. The second kappa shape index (κ2) is 7.38. The number of hydrogen-bond donors (Lipinski definition) is 1. The average molecular weight is 440 g/mol. The first-order valence-corrected chi connectivity index (χ1v) is 10.7. The fourth-order valence-electron chi connectivity index (χ4n) is 4.90. The predicted octanol–water partition coefficient (Wildman–Crippen LogP) is 5.36. The standard InChI is InChI=1S/C24H26ClN3O3/c1-15-8-5-9-16(14-15)28-20(29)19-17(25)10-6-11-18(19)26-21(28)24(23(2,3)4)12-7-13-27(24)22(30)31/h5-6,8-11,14H,7,12-13H2,1-4H3,(H,30,31)/t24-/m1/s1. The van der Waals surface area contributed by atoms with Crippen molar-refractivity contribution in [1.82, 2.24) is 14.5 Å². The van der Waals surface area contributed by atoms with Crippen molar-refractivity contribution < 1.29 is 9.90 Å². The predicted molar refractivity (Wildman–Crippen MR) is 122 cm³/mol. The lowest BCUT2D eigenvalue weighted by molar-refractivity contribution is 0.0193. The Balaban J connectivity index is 2.21. The average Bonchev–Trinajstić information content (AvgIpc) is 3.14. The van der Waals surface area contributed by atoms with E-state index < -0.39 is 17.0 Å². The van der Waals surface area contributed by atoms with Crippen LogP contribution in [0.3, 0.4) is 0 Å². The van der Waals surface area contributed by atoms with Crippen molar-refractivity contribution in [3.05, 3.63) is 69.2 Å². The fraction of sp³-hybridized carbons (Fsp3) is 0.375. The summed E-state index contributed by atoms with van der Waals surface area (Å²) < 4.78 is 1.56. The molecular formula is C24H26ClN3O3. The van der Waals surface area contributed by atoms with E-state index in [-0.39, 0.29) is 5.56 Å². The summed E-state index contributed by atoms with van der Waals surface area (Å²) in [5, 5.41) is 10.8. The fourth-order valence-corrected chi connectivity index (χ4v) is 5.15. The highest BCUT2D eigenvalue weighted by Crippen LogP contribution is 2.51. The number of benzene rings is 2. The highest BCUT2D eigenvalue weighted by atomic mass is 35.5. The number of carboxylic acid groups (broad SMARTS) is 1. The third-order valence-corrected chi connectivity index (χ3v) is 6.64. The van der Waals surface area contributed by atoms with Crippen LogP contribution in [0.1, 0.15) is 45.0 Å². The van der Waals surface area contributed by atoms with Crippen molar-refractivity contribution in [3.63, 3.8) is 0 Å². The molecule has 0 saturated carbocycles. The van der Waals surface area contributed by atoms with E-state index in [1.807, 2.05) is 52.0 Å². The number of likely N-dealkylation sites (tertiary alicyclic amines) is 1. The normalized spacial score (nSPS) is 19.2. The maximum absolute atomic E-state index is 13.9. The van der Waals surface area contributed by atoms with E-state index in [9.17, 15) is 14.7 Å². The molecule has 3 aromatic rings. The number of fused-ring (bicyclic) bond motifs is 1. The Bertz CT molecular complexity index is 1250. The molecule has 4 rings (SSSR count). The Labute approximate surface area is 186 Å². The Morgan fingerprint density at radius 2 is 1.90 bits per heavy atom. The molecule has 1 aliphatic heterocycles. The van der Waals surface area contributed by atoms with E-state index in [2.05, 4.69) is 0 Å². The number of rotatable bonds is 2. The van der Waals surface area contributed by atoms with Crippen molar-refractivity contribution in [2.75, 3.05) is 6.54 Å². The van der Waals surface area contributed by atoms with Crippen LogP contribution in [-0.4, -0.2) is 32.2 Å². The quantitative estimate of drug-likeness (QED) is 0.583. The molecule has 0 aliphatic carbocycles. The molecule has 1 amide bonds. The van der Waals surface area contributed by atoms with Gasteiger partial charge in [0, 0.05) is 6.54 Å². The maximum atomic E-state index is 13.9. The van der Waals surface area contributed by atoms with Gasteiger partial charge in [-0.3, -0.25) is 14.3 Å². The Morgan fingerprint density at radius 1 is 1.19 bits per heavy atom. The summed E-state index contributed by atoms with van der Waals surface area (Å²) >= 11 is 6.41. The number of hydrogen-bond acceptors (Lipinski definition) is 3. The molecule has 1 saturated heterocycles. The first-order chi connectivity index (χ1) is 14.6. The molecule has 31 heavy (non-hydrogen) atoms. The molecule has 1 aromatic heterocycles. The van der Waals surface area contributed by atoms with Crippen LogP contribution in [0.25, 0.3) is 16.6 Å². The molecule has 0 bridgehead atoms. The van der Waals surface area contributed by atoms with Gasteiger partial charge in [-0.05, 0) is 55.0 Å². The summed E-state index contributed by atoms with van der Waals surface area (Å²) in [5.74, 6) is 0.435. The smallest absolute Gasteiger partial charge is 0.408 e. The van der Waals surface area contributed by atoms with E-state index in [0.717, 1.165) is 5.56 Å². The second-order valence-corrected chi connectivity index (χ2v) is 9.60. The molecule has 162 valence electrons. The van der Waals surface area contributed by atoms with Gasteiger partial charge in [0.25, 0.3) is 5.56 Å². The molecule has 1 fully saturated rings. The van der Waals surface area contributed by atoms with Crippen LogP contribution in [0.2, 0.25) is 5.02 Å². The van der Waals surface area contributed by atoms with Crippen molar-refractivity contribution in [2.24, 2.45) is 5.41 Å². The molecule has 0 unspecified atom stereocenters. The topological polar surface area (TPSA) is 75.4 Å².